The summed E-state index contributed by atoms with van der Waals surface area (Å²) in [5, 5.41) is 12.7. The number of nitrogens with one attached hydrogen (secondary N) is 2. The summed E-state index contributed by atoms with van der Waals surface area (Å²) in [5.41, 5.74) is 1.28. The smallest absolute Gasteiger partial charge is 0.294 e. The van der Waals surface area contributed by atoms with E-state index in [-0.39, 0.29) is 23.9 Å². The van der Waals surface area contributed by atoms with Crippen LogP contribution in [0.2, 0.25) is 0 Å². The minimum atomic E-state index is -0.798. The first-order chi connectivity index (χ1) is 15.9. The average molecular weight is 452 g/mol. The van der Waals surface area contributed by atoms with E-state index in [4.69, 9.17) is 0 Å². The van der Waals surface area contributed by atoms with Gasteiger partial charge >= 0.3 is 0 Å². The highest BCUT2D eigenvalue weighted by Gasteiger charge is 2.19. The molecule has 3 N–H and O–H groups in total. The molecule has 0 atom stereocenters. The molecule has 1 fully saturated rings. The first kappa shape index (κ1) is 22.6. The van der Waals surface area contributed by atoms with E-state index in [1.165, 1.54) is 24.3 Å². The molecule has 2 aromatic carbocycles. The first-order valence-electron chi connectivity index (χ1n) is 10.7. The number of hydrogen-bond donors (Lipinski definition) is 3. The maximum Gasteiger partial charge on any atom is 0.294 e. The minimum Gasteiger partial charge on any atom is -0.501 e. The molecule has 1 aliphatic heterocycles. The summed E-state index contributed by atoms with van der Waals surface area (Å²) in [7, 11) is 2.12. The second-order valence-corrected chi connectivity index (χ2v) is 8.20. The molecule has 1 saturated heterocycles. The van der Waals surface area contributed by atoms with Crippen molar-refractivity contribution in [3.63, 3.8) is 0 Å². The van der Waals surface area contributed by atoms with Gasteiger partial charge in [-0.15, -0.1) is 0 Å². The van der Waals surface area contributed by atoms with Crippen molar-refractivity contribution < 1.29 is 14.3 Å². The molecule has 3 aromatic rings. The van der Waals surface area contributed by atoms with Crippen LogP contribution in [-0.2, 0) is 13.1 Å². The topological polar surface area (TPSA) is 102 Å². The number of aromatic nitrogens is 2. The molecule has 0 saturated carbocycles. The third kappa shape index (κ3) is 5.63. The van der Waals surface area contributed by atoms with Gasteiger partial charge in [0, 0.05) is 44.8 Å². The van der Waals surface area contributed by atoms with Crippen molar-refractivity contribution in [3.05, 3.63) is 81.5 Å². The summed E-state index contributed by atoms with van der Waals surface area (Å²) in [6, 6.07) is 13.3. The van der Waals surface area contributed by atoms with E-state index in [1.54, 1.807) is 0 Å². The van der Waals surface area contributed by atoms with Crippen LogP contribution in [0.5, 0.6) is 5.75 Å². The Morgan fingerprint density at radius 2 is 1.70 bits per heavy atom. The second-order valence-electron chi connectivity index (χ2n) is 8.20. The molecule has 4 rings (SSSR count). The lowest BCUT2D eigenvalue weighted by atomic mass is 10.1. The molecule has 0 spiro atoms. The maximum atomic E-state index is 13.0. The summed E-state index contributed by atoms with van der Waals surface area (Å²) in [5.74, 6) is -1.63. The summed E-state index contributed by atoms with van der Waals surface area (Å²) >= 11 is 0. The maximum absolute atomic E-state index is 13.0. The molecule has 9 heteroatoms. The summed E-state index contributed by atoms with van der Waals surface area (Å²) in [6.07, 6.45) is 0. The predicted octanol–water partition coefficient (Wildman–Crippen LogP) is 1.96. The van der Waals surface area contributed by atoms with Crippen molar-refractivity contribution >= 4 is 5.91 Å². The van der Waals surface area contributed by atoms with E-state index in [9.17, 15) is 19.1 Å². The number of amides is 1. The van der Waals surface area contributed by atoms with E-state index >= 15 is 0 Å². The number of carbonyl (C=O) groups is 1. The highest BCUT2D eigenvalue weighted by molar-refractivity contribution is 5.95. The molecular formula is C24H26FN5O3. The fourth-order valence-corrected chi connectivity index (χ4v) is 3.66. The van der Waals surface area contributed by atoms with Gasteiger partial charge in [-0.05, 0) is 30.3 Å². The Hall–Kier alpha value is -3.56. The number of nitrogens with zero attached hydrogens (tertiary/aromatic N) is 3. The fraction of sp³-hybridized carbons (Fsp3) is 0.292. The van der Waals surface area contributed by atoms with Crippen LogP contribution in [0.1, 0.15) is 21.6 Å². The molecule has 1 amide bonds. The Morgan fingerprint density at radius 1 is 1.06 bits per heavy atom. The van der Waals surface area contributed by atoms with Gasteiger partial charge in [-0.3, -0.25) is 14.5 Å². The highest BCUT2D eigenvalue weighted by atomic mass is 19.1. The van der Waals surface area contributed by atoms with Gasteiger partial charge < -0.3 is 20.3 Å². The molecule has 172 valence electrons. The number of hydrogen-bond acceptors (Lipinski definition) is 6. The largest absolute Gasteiger partial charge is 0.501 e. The zero-order valence-electron chi connectivity index (χ0n) is 18.3. The standard InChI is InChI=1S/C24H26FN5O3/c1-29-10-12-30(13-11-29)15-17-2-6-18(7-3-17)22-27-20(21(31)24(33)28-22)23(32)26-14-16-4-8-19(25)9-5-16/h2-9,31H,10-15H2,1H3,(H,26,32)(H,27,28,33). The lowest BCUT2D eigenvalue weighted by Gasteiger charge is -2.32. The van der Waals surface area contributed by atoms with Crippen LogP contribution in [0, 0.1) is 5.82 Å². The van der Waals surface area contributed by atoms with Crippen LogP contribution in [0.15, 0.2) is 53.3 Å². The molecule has 2 heterocycles. The van der Waals surface area contributed by atoms with E-state index < -0.39 is 17.2 Å². The van der Waals surface area contributed by atoms with Crippen LogP contribution in [0.4, 0.5) is 4.39 Å². The summed E-state index contributed by atoms with van der Waals surface area (Å²) in [6.45, 7) is 5.06. The number of benzene rings is 2. The third-order valence-corrected chi connectivity index (χ3v) is 5.71. The number of halogens is 1. The van der Waals surface area contributed by atoms with Gasteiger partial charge in [-0.25, -0.2) is 9.37 Å². The molecular weight excluding hydrogens is 425 g/mol. The highest BCUT2D eigenvalue weighted by Crippen LogP contribution is 2.19. The van der Waals surface area contributed by atoms with Crippen molar-refractivity contribution in [1.29, 1.82) is 0 Å². The van der Waals surface area contributed by atoms with Crippen molar-refractivity contribution in [2.24, 2.45) is 0 Å². The number of rotatable bonds is 6. The Kier molecular flexibility index (Phi) is 6.81. The summed E-state index contributed by atoms with van der Waals surface area (Å²) in [4.78, 5) is 36.2. The molecule has 1 aliphatic rings. The minimum absolute atomic E-state index is 0.101. The Bertz CT molecular complexity index is 1170. The van der Waals surface area contributed by atoms with E-state index in [0.717, 1.165) is 38.3 Å². The molecule has 8 nitrogen and oxygen atoms in total. The van der Waals surface area contributed by atoms with Gasteiger partial charge in [0.25, 0.3) is 11.5 Å². The SMILES string of the molecule is CN1CCN(Cc2ccc(-c3nc(C(=O)NCc4ccc(F)cc4)c(O)c(=O)[nH]3)cc2)CC1. The second kappa shape index (κ2) is 9.93. The van der Waals surface area contributed by atoms with Crippen LogP contribution in [-0.4, -0.2) is 64.0 Å². The molecule has 0 aliphatic carbocycles. The van der Waals surface area contributed by atoms with Gasteiger partial charge in [0.2, 0.25) is 5.75 Å². The van der Waals surface area contributed by atoms with Crippen LogP contribution < -0.4 is 10.9 Å². The first-order valence-corrected chi connectivity index (χ1v) is 10.7. The van der Waals surface area contributed by atoms with Gasteiger partial charge in [0.15, 0.2) is 5.69 Å². The molecule has 0 bridgehead atoms. The van der Waals surface area contributed by atoms with Gasteiger partial charge in [0.05, 0.1) is 0 Å². The lowest BCUT2D eigenvalue weighted by molar-refractivity contribution is 0.0942. The number of aromatic hydroxyl groups is 1. The Balaban J connectivity index is 1.47. The normalized spacial score (nSPS) is 14.8. The van der Waals surface area contributed by atoms with E-state index in [1.807, 2.05) is 24.3 Å². The Labute approximate surface area is 190 Å². The van der Waals surface area contributed by atoms with Gasteiger partial charge in [-0.1, -0.05) is 36.4 Å². The van der Waals surface area contributed by atoms with Gasteiger partial charge in [-0.2, -0.15) is 0 Å². The summed E-state index contributed by atoms with van der Waals surface area (Å²) < 4.78 is 13.0. The zero-order chi connectivity index (χ0) is 23.4. The molecule has 33 heavy (non-hydrogen) atoms. The Morgan fingerprint density at radius 3 is 2.36 bits per heavy atom. The van der Waals surface area contributed by atoms with Crippen molar-refractivity contribution in [2.45, 2.75) is 13.1 Å². The monoisotopic (exact) mass is 451 g/mol. The quantitative estimate of drug-likeness (QED) is 0.530. The lowest BCUT2D eigenvalue weighted by Crippen LogP contribution is -2.43. The van der Waals surface area contributed by atoms with E-state index in [2.05, 4.69) is 32.1 Å². The van der Waals surface area contributed by atoms with Crippen LogP contribution in [0.25, 0.3) is 11.4 Å². The number of carbonyl (C=O) groups excluding carboxylic acids is 1. The number of H-pyrrole nitrogens is 1. The predicted molar refractivity (Wildman–Crippen MR) is 122 cm³/mol. The third-order valence-electron chi connectivity index (χ3n) is 5.71. The average Bonchev–Trinajstić information content (AvgIpc) is 2.82. The van der Waals surface area contributed by atoms with Gasteiger partial charge in [0.1, 0.15) is 11.6 Å². The van der Waals surface area contributed by atoms with Crippen molar-refractivity contribution in [3.8, 4) is 17.1 Å². The van der Waals surface area contributed by atoms with Crippen molar-refractivity contribution in [1.82, 2.24) is 25.1 Å². The number of piperazine rings is 1. The van der Waals surface area contributed by atoms with Crippen molar-refractivity contribution in [2.75, 3.05) is 33.2 Å². The van der Waals surface area contributed by atoms with E-state index in [0.29, 0.717) is 11.1 Å². The number of aromatic amines is 1. The fourth-order valence-electron chi connectivity index (χ4n) is 3.66. The zero-order valence-corrected chi connectivity index (χ0v) is 18.3. The molecule has 0 unspecified atom stereocenters. The number of likely N-dealkylation sites (N-methyl/N-ethyl adjacent to an activating group) is 1. The molecule has 0 radical (unpaired) electrons. The van der Waals surface area contributed by atoms with Crippen LogP contribution in [0.3, 0.4) is 0 Å². The van der Waals surface area contributed by atoms with Crippen LogP contribution >= 0.6 is 0 Å². The molecule has 1 aromatic heterocycles.